The molecule has 2 unspecified atom stereocenters. The van der Waals surface area contributed by atoms with Crippen LogP contribution in [0.1, 0.15) is 53.8 Å². The minimum atomic E-state index is -1.41. The fourth-order valence-electron chi connectivity index (χ4n) is 4.75. The smallest absolute Gasteiger partial charge is 0.338 e. The van der Waals surface area contributed by atoms with Crippen LogP contribution in [0.25, 0.3) is 0 Å². The predicted octanol–water partition coefficient (Wildman–Crippen LogP) is 1.33. The number of hydrogen-bond donors (Lipinski definition) is 6. The number of ether oxygens (including phenoxy) is 6. The topological polar surface area (TPSA) is 215 Å². The van der Waals surface area contributed by atoms with Crippen molar-refractivity contribution in [3.05, 3.63) is 103 Å². The van der Waals surface area contributed by atoms with Gasteiger partial charge in [-0.15, -0.1) is 0 Å². The Hall–Kier alpha value is -4.44. The van der Waals surface area contributed by atoms with E-state index in [1.165, 1.54) is 19.8 Å². The van der Waals surface area contributed by atoms with Crippen LogP contribution in [0, 0.1) is 0 Å². The lowest BCUT2D eigenvalue weighted by atomic mass is 10.1. The number of nitrogens with one attached hydrogen (secondary N) is 2. The summed E-state index contributed by atoms with van der Waals surface area (Å²) in [7, 11) is 0.235. The lowest BCUT2D eigenvalue weighted by Crippen LogP contribution is -2.38. The van der Waals surface area contributed by atoms with Crippen molar-refractivity contribution >= 4 is 41.6 Å². The third kappa shape index (κ3) is 19.0. The van der Waals surface area contributed by atoms with Crippen LogP contribution in [0.2, 0.25) is 0 Å². The number of esters is 1. The van der Waals surface area contributed by atoms with E-state index in [2.05, 4.69) is 34.0 Å². The molecule has 3 aromatic rings. The van der Waals surface area contributed by atoms with E-state index in [9.17, 15) is 14.4 Å². The molecule has 0 radical (unpaired) electrons. The first kappa shape index (κ1) is 48.7. The fourth-order valence-corrected chi connectivity index (χ4v) is 7.22. The van der Waals surface area contributed by atoms with Crippen molar-refractivity contribution in [2.75, 3.05) is 66.4 Å². The second-order valence-electron chi connectivity index (χ2n) is 12.1. The van der Waals surface area contributed by atoms with Crippen LogP contribution in [0.4, 0.5) is 0 Å². The summed E-state index contributed by atoms with van der Waals surface area (Å²) >= 11 is 0. The maximum Gasteiger partial charge on any atom is 0.338 e. The van der Waals surface area contributed by atoms with Crippen LogP contribution in [-0.2, 0) is 28.5 Å². The van der Waals surface area contributed by atoms with Gasteiger partial charge in [0.15, 0.2) is 6.26 Å². The molecule has 15 nitrogen and oxygen atoms in total. The number of aliphatic hydroxyl groups excluding tert-OH is 4. The van der Waals surface area contributed by atoms with E-state index in [0.29, 0.717) is 76.7 Å². The number of rotatable bonds is 20. The van der Waals surface area contributed by atoms with Gasteiger partial charge in [0.1, 0.15) is 6.61 Å². The maximum atomic E-state index is 13.1. The van der Waals surface area contributed by atoms with E-state index in [4.69, 9.17) is 39.4 Å². The number of amides is 2. The largest absolute Gasteiger partial charge is 0.562 e. The minimum absolute atomic E-state index is 0.224. The summed E-state index contributed by atoms with van der Waals surface area (Å²) in [5.74, 6) is -1.06. The molecule has 16 heteroatoms. The fraction of sp³-hybridized carbons (Fsp3) is 0.439. The van der Waals surface area contributed by atoms with Gasteiger partial charge in [-0.3, -0.25) is 9.59 Å². The molecule has 0 aromatic heterocycles. The number of carbonyl (C=O) groups excluding carboxylic acids is 3. The molecule has 0 fully saturated rings. The van der Waals surface area contributed by atoms with Gasteiger partial charge in [-0.1, -0.05) is 80.9 Å². The van der Waals surface area contributed by atoms with Crippen LogP contribution in [0.15, 0.2) is 91.4 Å². The first-order valence-electron chi connectivity index (χ1n) is 18.7. The zero-order valence-corrected chi connectivity index (χ0v) is 33.7. The van der Waals surface area contributed by atoms with E-state index in [1.807, 2.05) is 60.7 Å². The number of benzene rings is 3. The van der Waals surface area contributed by atoms with Crippen molar-refractivity contribution in [2.45, 2.75) is 51.8 Å². The standard InChI is InChI=1S/C33H41N2O8P.C5H8O5.C3H8/c1-40-33(39)29-15-14-26(24-30(29)44(27-10-4-2-5-11-27)28-12-6-3-7-13-28)32(38)35-17-9-19-42-21-23-43-22-20-41-18-8-16-34-31(37)25-36;6-3-4(7)9-1-2-10-5(3)8;1-3-2/h2-7,10-15,24,36H,8-9,16-23,25H2,1H3,(H,34,37)(H,35,38);1-8H;3H2,1-2H3/p+1/t;3?,4-,5?;/m.1./s1. The van der Waals surface area contributed by atoms with Crippen LogP contribution >= 0.6 is 7.92 Å². The second-order valence-corrected chi connectivity index (χ2v) is 14.3. The lowest BCUT2D eigenvalue weighted by Gasteiger charge is -2.22. The van der Waals surface area contributed by atoms with E-state index in [-0.39, 0.29) is 5.91 Å². The van der Waals surface area contributed by atoms with Gasteiger partial charge >= 0.3 is 12.3 Å². The Balaban J connectivity index is 0.000000732. The Morgan fingerprint density at radius 3 is 1.82 bits per heavy atom. The van der Waals surface area contributed by atoms with Crippen molar-refractivity contribution in [3.8, 4) is 0 Å². The van der Waals surface area contributed by atoms with Crippen LogP contribution in [-0.4, -0.2) is 128 Å². The second kappa shape index (κ2) is 29.8. The number of carbonyl (C=O) groups is 3. The molecule has 0 spiro atoms. The van der Waals surface area contributed by atoms with E-state index in [1.54, 1.807) is 18.2 Å². The molecule has 1 aliphatic heterocycles. The first-order valence-corrected chi connectivity index (χ1v) is 20.1. The molecule has 4 rings (SSSR count). The Kier molecular flexibility index (Phi) is 25.4. The molecule has 0 bridgehead atoms. The third-order valence-electron chi connectivity index (χ3n) is 7.48. The molecule has 57 heavy (non-hydrogen) atoms. The van der Waals surface area contributed by atoms with E-state index in [0.717, 1.165) is 22.2 Å². The minimum Gasteiger partial charge on any atom is -0.562 e. The predicted molar refractivity (Wildman–Crippen MR) is 217 cm³/mol. The summed E-state index contributed by atoms with van der Waals surface area (Å²) in [4.78, 5) is 36.8. The molecule has 3 aromatic carbocycles. The summed E-state index contributed by atoms with van der Waals surface area (Å²) in [5, 5.41) is 43.5. The van der Waals surface area contributed by atoms with Gasteiger partial charge in [0.2, 0.25) is 18.3 Å². The third-order valence-corrected chi connectivity index (χ3v) is 9.96. The van der Waals surface area contributed by atoms with Gasteiger partial charge in [-0.05, 0) is 49.6 Å². The lowest BCUT2D eigenvalue weighted by molar-refractivity contribution is -0.247. The highest BCUT2D eigenvalue weighted by molar-refractivity contribution is 7.80. The molecule has 1 aliphatic rings. The van der Waals surface area contributed by atoms with Gasteiger partial charge in [0.05, 0.1) is 39.1 Å². The van der Waals surface area contributed by atoms with Crippen molar-refractivity contribution in [1.82, 2.24) is 10.6 Å². The summed E-state index contributed by atoms with van der Waals surface area (Å²) in [6.07, 6.45) is 0.721. The number of methoxy groups -OCH3 is 1. The molecule has 7 N–H and O–H groups in total. The highest BCUT2D eigenvalue weighted by Crippen LogP contribution is 2.34. The average molecular weight is 818 g/mol. The molecular formula is C41H58N2O13P+. The molecular weight excluding hydrogens is 759 g/mol. The van der Waals surface area contributed by atoms with Gasteiger partial charge < -0.3 is 59.5 Å². The zero-order valence-electron chi connectivity index (χ0n) is 32.8. The van der Waals surface area contributed by atoms with Gasteiger partial charge in [0.25, 0.3) is 12.2 Å². The summed E-state index contributed by atoms with van der Waals surface area (Å²) in [6.45, 7) is 7.36. The van der Waals surface area contributed by atoms with Gasteiger partial charge in [0, 0.05) is 37.2 Å². The summed E-state index contributed by atoms with van der Waals surface area (Å²) in [6, 6.07) is 25.1. The average Bonchev–Trinajstić information content (AvgIpc) is 3.38. The van der Waals surface area contributed by atoms with E-state index < -0.39 is 45.1 Å². The van der Waals surface area contributed by atoms with Crippen LogP contribution in [0.5, 0.6) is 0 Å². The quantitative estimate of drug-likeness (QED) is 0.0413. The van der Waals surface area contributed by atoms with Gasteiger partial charge in [-0.2, -0.15) is 0 Å². The van der Waals surface area contributed by atoms with E-state index >= 15 is 0 Å². The summed E-state index contributed by atoms with van der Waals surface area (Å²) < 4.78 is 29.4. The van der Waals surface area contributed by atoms with Crippen LogP contribution < -0.4 is 26.5 Å². The first-order chi connectivity index (χ1) is 27.7. The van der Waals surface area contributed by atoms with Crippen molar-refractivity contribution in [2.24, 2.45) is 0 Å². The maximum absolute atomic E-state index is 13.1. The highest BCUT2D eigenvalue weighted by Gasteiger charge is 2.32. The molecule has 0 saturated carbocycles. The molecule has 1 heterocycles. The molecule has 0 aliphatic carbocycles. The van der Waals surface area contributed by atoms with Crippen LogP contribution in [0.3, 0.4) is 0 Å². The molecule has 3 atom stereocenters. The number of hydrogen-bond acceptors (Lipinski definition) is 12. The Morgan fingerprint density at radius 2 is 1.30 bits per heavy atom. The van der Waals surface area contributed by atoms with Crippen molar-refractivity contribution < 1.29 is 63.2 Å². The number of aliphatic hydroxyl groups is 6. The monoisotopic (exact) mass is 817 g/mol. The SMILES string of the molecule is CCC.COC(=O)c1ccc(C(=O)NCCCOCCOCCOCCCNC(=O)CO)cc1P(c1ccccc1)c1ccccc1.OC1OC=C[OH+][C@@H](O)C1O. The summed E-state index contributed by atoms with van der Waals surface area (Å²) in [5.41, 5.74) is 0.910. The zero-order chi connectivity index (χ0) is 41.7. The van der Waals surface area contributed by atoms with Gasteiger partial charge in [-0.25, -0.2) is 4.79 Å². The Morgan fingerprint density at radius 1 is 0.772 bits per heavy atom. The molecule has 0 saturated heterocycles. The van der Waals surface area contributed by atoms with Crippen molar-refractivity contribution in [3.63, 3.8) is 0 Å². The van der Waals surface area contributed by atoms with Crippen molar-refractivity contribution in [1.29, 1.82) is 0 Å². The Bertz CT molecular complexity index is 1530. The highest BCUT2D eigenvalue weighted by atomic mass is 31.1. The molecule has 314 valence electrons. The molecule has 2 amide bonds. The normalized spacial score (nSPS) is 15.7. The Labute approximate surface area is 335 Å².